The molecular weight excluding hydrogens is 436 g/mol. The van der Waals surface area contributed by atoms with E-state index in [1.54, 1.807) is 102 Å². The van der Waals surface area contributed by atoms with Crippen molar-refractivity contribution in [3.05, 3.63) is 71.8 Å². The molecule has 2 aromatic carbocycles. The average Bonchev–Trinajstić information content (AvgIpc) is 2.73. The maximum Gasteiger partial charge on any atom is 0.408 e. The SMILES string of the molecule is CC(C)(C)OC(=O)NC(c1ccccc1)C(O)C(O)C(NC(=O)OC(C)(C)C)c1ccccc1. The number of carbonyl (C=O) groups excluding carboxylic acids is 2. The van der Waals surface area contributed by atoms with Crippen LogP contribution in [-0.4, -0.2) is 45.8 Å². The molecule has 0 saturated heterocycles. The molecule has 4 unspecified atom stereocenters. The molecule has 186 valence electrons. The minimum atomic E-state index is -1.50. The van der Waals surface area contributed by atoms with Crippen molar-refractivity contribution in [1.82, 2.24) is 10.6 Å². The van der Waals surface area contributed by atoms with Gasteiger partial charge in [-0.3, -0.25) is 0 Å². The highest BCUT2D eigenvalue weighted by atomic mass is 16.6. The van der Waals surface area contributed by atoms with Crippen LogP contribution in [0.2, 0.25) is 0 Å². The second-order valence-electron chi connectivity index (χ2n) is 10.1. The lowest BCUT2D eigenvalue weighted by atomic mass is 9.90. The predicted octanol–water partition coefficient (Wildman–Crippen LogP) is 4.24. The van der Waals surface area contributed by atoms with E-state index in [0.29, 0.717) is 11.1 Å². The summed E-state index contributed by atoms with van der Waals surface area (Å²) < 4.78 is 10.7. The van der Waals surface area contributed by atoms with E-state index in [2.05, 4.69) is 10.6 Å². The number of hydrogen-bond acceptors (Lipinski definition) is 6. The molecule has 0 heterocycles. The van der Waals surface area contributed by atoms with Crippen LogP contribution in [-0.2, 0) is 9.47 Å². The van der Waals surface area contributed by atoms with Gasteiger partial charge in [-0.1, -0.05) is 60.7 Å². The molecule has 2 rings (SSSR count). The van der Waals surface area contributed by atoms with Crippen LogP contribution in [0.15, 0.2) is 60.7 Å². The average molecular weight is 473 g/mol. The Bertz CT molecular complexity index is 844. The molecular formula is C26H36N2O6. The molecule has 2 amide bonds. The van der Waals surface area contributed by atoms with Crippen LogP contribution in [0.25, 0.3) is 0 Å². The van der Waals surface area contributed by atoms with Gasteiger partial charge in [0.25, 0.3) is 0 Å². The molecule has 0 aliphatic carbocycles. The van der Waals surface area contributed by atoms with Crippen molar-refractivity contribution in [3.63, 3.8) is 0 Å². The van der Waals surface area contributed by atoms with Crippen LogP contribution < -0.4 is 10.6 Å². The quantitative estimate of drug-likeness (QED) is 0.479. The lowest BCUT2D eigenvalue weighted by molar-refractivity contribution is -0.0308. The summed E-state index contributed by atoms with van der Waals surface area (Å²) in [5.74, 6) is 0. The molecule has 2 aromatic rings. The number of alkyl carbamates (subject to hydrolysis) is 2. The molecule has 8 nitrogen and oxygen atoms in total. The molecule has 4 N–H and O–H groups in total. The number of benzene rings is 2. The van der Waals surface area contributed by atoms with Crippen LogP contribution in [0.1, 0.15) is 64.8 Å². The molecule has 0 aromatic heterocycles. The molecule has 0 bridgehead atoms. The first kappa shape index (κ1) is 27.1. The largest absolute Gasteiger partial charge is 0.444 e. The minimum Gasteiger partial charge on any atom is -0.444 e. The van der Waals surface area contributed by atoms with Crippen molar-refractivity contribution in [1.29, 1.82) is 0 Å². The van der Waals surface area contributed by atoms with Crippen molar-refractivity contribution in [2.24, 2.45) is 0 Å². The minimum absolute atomic E-state index is 0.559. The number of carbonyl (C=O) groups is 2. The number of hydrogen-bond donors (Lipinski definition) is 4. The Morgan fingerprint density at radius 1 is 0.647 bits per heavy atom. The summed E-state index contributed by atoms with van der Waals surface area (Å²) in [7, 11) is 0. The molecule has 0 spiro atoms. The molecule has 0 saturated carbocycles. The Kier molecular flexibility index (Phi) is 9.06. The van der Waals surface area contributed by atoms with Gasteiger partial charge in [0.05, 0.1) is 12.1 Å². The summed E-state index contributed by atoms with van der Waals surface area (Å²) in [6, 6.07) is 15.5. The van der Waals surface area contributed by atoms with Gasteiger partial charge in [0.15, 0.2) is 0 Å². The van der Waals surface area contributed by atoms with Crippen molar-refractivity contribution >= 4 is 12.2 Å². The Morgan fingerprint density at radius 3 is 1.21 bits per heavy atom. The Morgan fingerprint density at radius 2 is 0.941 bits per heavy atom. The van der Waals surface area contributed by atoms with E-state index in [4.69, 9.17) is 9.47 Å². The normalized spacial score (nSPS) is 15.4. The van der Waals surface area contributed by atoms with Crippen LogP contribution in [0.5, 0.6) is 0 Å². The first-order chi connectivity index (χ1) is 15.8. The molecule has 8 heteroatoms. The first-order valence-electron chi connectivity index (χ1n) is 11.2. The lowest BCUT2D eigenvalue weighted by Crippen LogP contribution is -2.49. The van der Waals surface area contributed by atoms with Gasteiger partial charge >= 0.3 is 12.2 Å². The molecule has 0 aliphatic rings. The van der Waals surface area contributed by atoms with E-state index in [9.17, 15) is 19.8 Å². The highest BCUT2D eigenvalue weighted by Crippen LogP contribution is 2.27. The maximum absolute atomic E-state index is 12.5. The van der Waals surface area contributed by atoms with Crippen LogP contribution in [0.3, 0.4) is 0 Å². The van der Waals surface area contributed by atoms with Crippen molar-refractivity contribution in [2.75, 3.05) is 0 Å². The summed E-state index contributed by atoms with van der Waals surface area (Å²) in [4.78, 5) is 25.1. The van der Waals surface area contributed by atoms with Gasteiger partial charge in [-0.2, -0.15) is 0 Å². The van der Waals surface area contributed by atoms with E-state index in [0.717, 1.165) is 0 Å². The molecule has 0 fully saturated rings. The zero-order chi connectivity index (χ0) is 25.5. The van der Waals surface area contributed by atoms with E-state index in [-0.39, 0.29) is 0 Å². The maximum atomic E-state index is 12.5. The topological polar surface area (TPSA) is 117 Å². The molecule has 34 heavy (non-hydrogen) atoms. The van der Waals surface area contributed by atoms with E-state index < -0.39 is 47.7 Å². The molecule has 0 radical (unpaired) electrons. The standard InChI is InChI=1S/C26H36N2O6/c1-25(2,3)33-23(31)27-19(17-13-9-7-10-14-17)21(29)22(30)20(18-15-11-8-12-16-18)28-24(32)34-26(4,5)6/h7-16,19-22,29-30H,1-6H3,(H,27,31)(H,28,32). The van der Waals surface area contributed by atoms with Crippen molar-refractivity contribution in [2.45, 2.75) is 77.0 Å². The summed E-state index contributed by atoms with van der Waals surface area (Å²) in [6.07, 6.45) is -4.50. The number of ether oxygens (including phenoxy) is 2. The van der Waals surface area contributed by atoms with E-state index >= 15 is 0 Å². The molecule has 4 atom stereocenters. The fraction of sp³-hybridized carbons (Fsp3) is 0.462. The molecule has 0 aliphatic heterocycles. The van der Waals surface area contributed by atoms with Gasteiger partial charge in [-0.05, 0) is 52.7 Å². The Balaban J connectivity index is 2.35. The number of aliphatic hydroxyl groups excluding tert-OH is 2. The Hall–Kier alpha value is -3.10. The fourth-order valence-corrected chi connectivity index (χ4v) is 3.32. The van der Waals surface area contributed by atoms with Crippen LogP contribution in [0.4, 0.5) is 9.59 Å². The smallest absolute Gasteiger partial charge is 0.408 e. The third kappa shape index (κ3) is 8.68. The highest BCUT2D eigenvalue weighted by molar-refractivity contribution is 5.69. The highest BCUT2D eigenvalue weighted by Gasteiger charge is 2.37. The zero-order valence-corrected chi connectivity index (χ0v) is 20.6. The summed E-state index contributed by atoms with van der Waals surface area (Å²) in [5.41, 5.74) is -0.382. The van der Waals surface area contributed by atoms with E-state index in [1.165, 1.54) is 0 Å². The summed E-state index contributed by atoms with van der Waals surface area (Å²) in [5, 5.41) is 27.8. The zero-order valence-electron chi connectivity index (χ0n) is 20.6. The Labute approximate surface area is 201 Å². The third-order valence-electron chi connectivity index (χ3n) is 4.69. The second kappa shape index (κ2) is 11.4. The van der Waals surface area contributed by atoms with Crippen molar-refractivity contribution in [3.8, 4) is 0 Å². The van der Waals surface area contributed by atoms with Gasteiger partial charge in [0, 0.05) is 0 Å². The van der Waals surface area contributed by atoms with Gasteiger partial charge in [-0.25, -0.2) is 9.59 Å². The predicted molar refractivity (Wildman–Crippen MR) is 129 cm³/mol. The van der Waals surface area contributed by atoms with Crippen LogP contribution in [0, 0.1) is 0 Å². The summed E-state index contributed by atoms with van der Waals surface area (Å²) in [6.45, 7) is 10.4. The number of rotatable bonds is 7. The van der Waals surface area contributed by atoms with Gasteiger partial charge < -0.3 is 30.3 Å². The van der Waals surface area contributed by atoms with Crippen LogP contribution >= 0.6 is 0 Å². The number of nitrogens with one attached hydrogen (secondary N) is 2. The monoisotopic (exact) mass is 472 g/mol. The van der Waals surface area contributed by atoms with Gasteiger partial charge in [-0.15, -0.1) is 0 Å². The van der Waals surface area contributed by atoms with Gasteiger partial charge in [0.2, 0.25) is 0 Å². The summed E-state index contributed by atoms with van der Waals surface area (Å²) >= 11 is 0. The van der Waals surface area contributed by atoms with E-state index in [1.807, 2.05) is 0 Å². The third-order valence-corrected chi connectivity index (χ3v) is 4.69. The fourth-order valence-electron chi connectivity index (χ4n) is 3.32. The second-order valence-corrected chi connectivity index (χ2v) is 10.1. The number of amides is 2. The van der Waals surface area contributed by atoms with Gasteiger partial charge in [0.1, 0.15) is 23.4 Å². The lowest BCUT2D eigenvalue weighted by Gasteiger charge is -2.34. The number of aliphatic hydroxyl groups is 2. The van der Waals surface area contributed by atoms with Crippen molar-refractivity contribution < 1.29 is 29.3 Å². The first-order valence-corrected chi connectivity index (χ1v) is 11.2.